The number of benzene rings is 4. The fourth-order valence-electron chi connectivity index (χ4n) is 10.2. The third kappa shape index (κ3) is 8.52. The number of halogens is 4. The van der Waals surface area contributed by atoms with E-state index in [0.29, 0.717) is 0 Å². The van der Waals surface area contributed by atoms with E-state index in [9.17, 15) is 0 Å². The Hall–Kier alpha value is -6.88. The number of pyridine rings is 4. The van der Waals surface area contributed by atoms with E-state index in [4.69, 9.17) is 9.97 Å². The highest BCUT2D eigenvalue weighted by Crippen LogP contribution is 2.44. The Kier molecular flexibility index (Phi) is 13.9. The van der Waals surface area contributed by atoms with Crippen molar-refractivity contribution in [2.45, 2.75) is 0 Å². The molecule has 4 aromatic carbocycles. The summed E-state index contributed by atoms with van der Waals surface area (Å²) in [4.78, 5) is 11.3. The number of aryl methyl sites for hydroxylation is 4. The number of hydrogen-bond donors (Lipinski definition) is 0. The van der Waals surface area contributed by atoms with E-state index in [2.05, 4.69) is 241 Å². The lowest BCUT2D eigenvalue weighted by Crippen LogP contribution is -3.00. The van der Waals surface area contributed by atoms with Crippen molar-refractivity contribution in [2.24, 2.45) is 28.2 Å². The average Bonchev–Trinajstić information content (AvgIpc) is 4.21. The maximum absolute atomic E-state index is 5.67. The second-order valence-corrected chi connectivity index (χ2v) is 20.0. The summed E-state index contributed by atoms with van der Waals surface area (Å²) in [6.45, 7) is 0. The predicted molar refractivity (Wildman–Crippen MR) is 282 cm³/mol. The maximum atomic E-state index is 5.67. The Bertz CT molecular complexity index is 3710. The van der Waals surface area contributed by atoms with Crippen molar-refractivity contribution < 1.29 is 67.9 Å². The van der Waals surface area contributed by atoms with E-state index in [0.717, 1.165) is 86.1 Å². The third-order valence-electron chi connectivity index (χ3n) is 13.6. The monoisotopic (exact) mass is 1050 g/mol. The van der Waals surface area contributed by atoms with Crippen LogP contribution >= 0.6 is 22.7 Å². The van der Waals surface area contributed by atoms with Crippen LogP contribution in [0.1, 0.15) is 22.8 Å². The first-order valence-electron chi connectivity index (χ1n) is 22.8. The Balaban J connectivity index is 0.00000160. The summed E-state index contributed by atoms with van der Waals surface area (Å²) in [5, 5.41) is 4.71. The van der Waals surface area contributed by atoms with E-state index in [1.165, 1.54) is 43.6 Å². The molecule has 0 atom stereocenters. The predicted octanol–water partition coefficient (Wildman–Crippen LogP) is 0.717. The highest BCUT2D eigenvalue weighted by Gasteiger charge is 2.22. The van der Waals surface area contributed by atoms with Gasteiger partial charge in [0.25, 0.3) is 0 Å². The highest BCUT2D eigenvalue weighted by molar-refractivity contribution is 7.24. The number of hydrogen-bond acceptors (Lipinski definition) is 4. The molecular formula is C60H44Cl4N6S2. The number of aromatic nitrogens is 6. The molecule has 0 spiro atoms. The lowest BCUT2D eigenvalue weighted by atomic mass is 10.0. The van der Waals surface area contributed by atoms with Gasteiger partial charge in [0.05, 0.1) is 22.8 Å². The molecule has 354 valence electrons. The van der Waals surface area contributed by atoms with Crippen LogP contribution in [0.5, 0.6) is 0 Å². The number of fused-ring (bicyclic) bond motifs is 12. The van der Waals surface area contributed by atoms with Crippen LogP contribution in [0.15, 0.2) is 170 Å². The fourth-order valence-corrected chi connectivity index (χ4v) is 12.6. The first-order valence-corrected chi connectivity index (χ1v) is 24.5. The van der Waals surface area contributed by atoms with Crippen LogP contribution < -0.4 is 67.9 Å². The molecule has 0 fully saturated rings. The van der Waals surface area contributed by atoms with Crippen molar-refractivity contribution in [2.75, 3.05) is 0 Å². The summed E-state index contributed by atoms with van der Waals surface area (Å²) in [5.74, 6) is 0. The largest absolute Gasteiger partial charge is 1.00 e. The molecule has 8 bridgehead atoms. The van der Waals surface area contributed by atoms with E-state index in [1.807, 2.05) is 0 Å². The van der Waals surface area contributed by atoms with Crippen molar-refractivity contribution >= 4 is 109 Å². The Labute approximate surface area is 449 Å². The van der Waals surface area contributed by atoms with Crippen LogP contribution in [-0.4, -0.2) is 9.97 Å². The second kappa shape index (κ2) is 20.0. The molecule has 0 N–H and O–H groups in total. The molecule has 0 amide bonds. The number of thiophene rings is 2. The smallest absolute Gasteiger partial charge is 0.212 e. The van der Waals surface area contributed by atoms with Gasteiger partial charge in [-0.05, 0) is 144 Å². The molecule has 6 nitrogen and oxygen atoms in total. The van der Waals surface area contributed by atoms with Gasteiger partial charge < -0.3 is 49.6 Å². The molecule has 9 heterocycles. The molecule has 0 saturated heterocycles. The molecule has 0 radical (unpaired) electrons. The molecule has 7 aromatic heterocycles. The summed E-state index contributed by atoms with van der Waals surface area (Å²) in [5.41, 5.74) is 17.4. The van der Waals surface area contributed by atoms with Crippen LogP contribution in [0, 0.1) is 0 Å². The van der Waals surface area contributed by atoms with Crippen LogP contribution in [-0.2, 0) is 28.2 Å². The second-order valence-electron chi connectivity index (χ2n) is 17.8. The molecular weight excluding hydrogens is 1010 g/mol. The molecule has 0 aliphatic carbocycles. The van der Waals surface area contributed by atoms with Crippen LogP contribution in [0.2, 0.25) is 0 Å². The summed E-state index contributed by atoms with van der Waals surface area (Å²) in [6.07, 6.45) is 17.3. The van der Waals surface area contributed by atoms with Crippen molar-refractivity contribution in [3.8, 4) is 44.5 Å². The zero-order valence-electron chi connectivity index (χ0n) is 39.5. The maximum Gasteiger partial charge on any atom is 0.212 e. The summed E-state index contributed by atoms with van der Waals surface area (Å²) in [7, 11) is 8.42. The van der Waals surface area contributed by atoms with E-state index >= 15 is 0 Å². The minimum absolute atomic E-state index is 0. The van der Waals surface area contributed by atoms with Gasteiger partial charge >= 0.3 is 0 Å². The Morgan fingerprint density at radius 2 is 0.542 bits per heavy atom. The highest BCUT2D eigenvalue weighted by atomic mass is 35.5. The van der Waals surface area contributed by atoms with Crippen molar-refractivity contribution in [1.82, 2.24) is 9.97 Å². The van der Waals surface area contributed by atoms with Crippen molar-refractivity contribution in [3.05, 3.63) is 193 Å². The van der Waals surface area contributed by atoms with Gasteiger partial charge in [-0.1, -0.05) is 0 Å². The normalized spacial score (nSPS) is 11.6. The van der Waals surface area contributed by atoms with Gasteiger partial charge in [-0.25, -0.2) is 28.2 Å². The van der Waals surface area contributed by atoms with Crippen molar-refractivity contribution in [1.29, 1.82) is 0 Å². The molecule has 0 unspecified atom stereocenters. The van der Waals surface area contributed by atoms with Gasteiger partial charge in [-0.2, -0.15) is 0 Å². The van der Waals surface area contributed by atoms with Gasteiger partial charge in [0.1, 0.15) is 28.2 Å². The van der Waals surface area contributed by atoms with E-state index in [-0.39, 0.29) is 49.6 Å². The van der Waals surface area contributed by atoms with Crippen LogP contribution in [0.4, 0.5) is 0 Å². The molecule has 11 aromatic rings. The third-order valence-corrected chi connectivity index (χ3v) is 15.9. The quantitative estimate of drug-likeness (QED) is 0.245. The first kappa shape index (κ1) is 50.1. The molecule has 2 aliphatic heterocycles. The van der Waals surface area contributed by atoms with Gasteiger partial charge in [-0.15, -0.1) is 22.7 Å². The SMILES string of the molecule is C[n+]1cccc2cc(-c3c4nc(c(-c5ccc6c(ccc[n+]6C)c5)c5ccc(s5)c(-c5ccc6c(ccc[n+]6C)c5)c5nc(c(-c6ccc7c(ccc[n+]7C)c6)c6ccc3s6)C=C5)C=C4)ccc21.[Cl-].[Cl-].[Cl-].[Cl-]. The van der Waals surface area contributed by atoms with Crippen LogP contribution in [0.25, 0.3) is 131 Å². The molecule has 72 heavy (non-hydrogen) atoms. The van der Waals surface area contributed by atoms with Crippen molar-refractivity contribution in [3.63, 3.8) is 0 Å². The standard InChI is InChI=1S/C60H44N6S2.4ClH/c1-63-29-5-9-37-33-41(13-21-49(37)63)57-45-17-18-46(61-45)58(42-14-22-50-38(34-42)10-6-30-64(50)2)55-27-28-56(68-55)60(44-16-24-52-40(36-44)12-8-32-66(52)4)48-20-19-47(62-48)59(54-26-25-53(57)67-54)43-15-23-51-39(35-43)11-7-31-65(51)3;;;;/h5-36H,1-4H3;4*1H/q+4;;;;/p-4. The molecule has 2 aliphatic rings. The molecule has 12 heteroatoms. The lowest BCUT2D eigenvalue weighted by molar-refractivity contribution is -0.645. The minimum atomic E-state index is 0. The van der Waals surface area contributed by atoms with Gasteiger partial charge in [0.15, 0.2) is 24.8 Å². The summed E-state index contributed by atoms with van der Waals surface area (Å²) >= 11 is 3.61. The van der Waals surface area contributed by atoms with Gasteiger partial charge in [0, 0.05) is 111 Å². The minimum Gasteiger partial charge on any atom is -1.00 e. The molecule has 13 rings (SSSR count). The number of rotatable bonds is 4. The zero-order chi connectivity index (χ0) is 45.6. The fraction of sp³-hybridized carbons (Fsp3) is 0.0667. The Morgan fingerprint density at radius 3 is 0.778 bits per heavy atom. The number of nitrogens with zero attached hydrogens (tertiary/aromatic N) is 6. The lowest BCUT2D eigenvalue weighted by Gasteiger charge is -2.07. The van der Waals surface area contributed by atoms with Crippen LogP contribution in [0.3, 0.4) is 0 Å². The average molecular weight is 1050 g/mol. The zero-order valence-corrected chi connectivity index (χ0v) is 44.1. The molecule has 0 saturated carbocycles. The van der Waals surface area contributed by atoms with Gasteiger partial charge in [-0.3, -0.25) is 0 Å². The van der Waals surface area contributed by atoms with E-state index in [1.54, 1.807) is 22.7 Å². The topological polar surface area (TPSA) is 41.3 Å². The summed E-state index contributed by atoms with van der Waals surface area (Å²) < 4.78 is 13.3. The summed E-state index contributed by atoms with van der Waals surface area (Å²) in [6, 6.07) is 53.7. The first-order chi connectivity index (χ1) is 33.3. The van der Waals surface area contributed by atoms with E-state index < -0.39 is 0 Å². The van der Waals surface area contributed by atoms with Gasteiger partial charge in [0.2, 0.25) is 22.1 Å². The Morgan fingerprint density at radius 1 is 0.306 bits per heavy atom.